The van der Waals surface area contributed by atoms with Crippen LogP contribution in [0, 0.1) is 0 Å². The van der Waals surface area contributed by atoms with Crippen LogP contribution in [0.5, 0.6) is 0 Å². The molecule has 8 nitrogen and oxygen atoms in total. The highest BCUT2D eigenvalue weighted by Crippen LogP contribution is 2.29. The normalized spacial score (nSPS) is 11.9. The lowest BCUT2D eigenvalue weighted by Gasteiger charge is -2.11. The number of nitrogens with zero attached hydrogens (tertiary/aromatic N) is 5. The summed E-state index contributed by atoms with van der Waals surface area (Å²) in [6.07, 6.45) is -0.666. The molecule has 5 rings (SSSR count). The van der Waals surface area contributed by atoms with E-state index in [9.17, 15) is 4.79 Å². The van der Waals surface area contributed by atoms with Crippen molar-refractivity contribution in [3.8, 4) is 27.8 Å². The van der Waals surface area contributed by atoms with Crippen molar-refractivity contribution < 1.29 is 13.9 Å². The number of esters is 1. The number of ether oxygens (including phenoxy) is 1. The smallest absolute Gasteiger partial charge is 0.317 e. The van der Waals surface area contributed by atoms with E-state index in [-0.39, 0.29) is 11.6 Å². The fourth-order valence-corrected chi connectivity index (χ4v) is 4.63. The Morgan fingerprint density at radius 1 is 1.00 bits per heavy atom. The van der Waals surface area contributed by atoms with E-state index in [2.05, 4.69) is 20.4 Å². The Balaban J connectivity index is 1.29. The second kappa shape index (κ2) is 10.0. The maximum Gasteiger partial charge on any atom is 0.317 e. The van der Waals surface area contributed by atoms with Gasteiger partial charge in [0.1, 0.15) is 0 Å². The highest BCUT2D eigenvalue weighted by molar-refractivity contribution is 7.99. The van der Waals surface area contributed by atoms with Crippen molar-refractivity contribution in [2.75, 3.05) is 5.75 Å². The van der Waals surface area contributed by atoms with Gasteiger partial charge < -0.3 is 9.15 Å². The van der Waals surface area contributed by atoms with E-state index >= 15 is 0 Å². The molecule has 1 atom stereocenters. The summed E-state index contributed by atoms with van der Waals surface area (Å²) < 4.78 is 13.1. The van der Waals surface area contributed by atoms with Crippen molar-refractivity contribution in [3.63, 3.8) is 0 Å². The Labute approximate surface area is 203 Å². The molecule has 3 aromatic heterocycles. The van der Waals surface area contributed by atoms with Gasteiger partial charge in [-0.1, -0.05) is 66.4 Å². The molecule has 3 heterocycles. The minimum absolute atomic E-state index is 0.0516. The van der Waals surface area contributed by atoms with Crippen LogP contribution >= 0.6 is 23.1 Å². The molecule has 10 heteroatoms. The third-order valence-electron chi connectivity index (χ3n) is 4.83. The lowest BCUT2D eigenvalue weighted by atomic mass is 10.2. The van der Waals surface area contributed by atoms with Crippen LogP contribution in [0.15, 0.2) is 87.8 Å². The van der Waals surface area contributed by atoms with Gasteiger partial charge in [-0.05, 0) is 30.5 Å². The van der Waals surface area contributed by atoms with Gasteiger partial charge in [-0.25, -0.2) is 0 Å². The fraction of sp³-hybridized carbons (Fsp3) is 0.125. The highest BCUT2D eigenvalue weighted by Gasteiger charge is 2.21. The van der Waals surface area contributed by atoms with Crippen LogP contribution in [0.25, 0.3) is 27.8 Å². The molecule has 0 radical (unpaired) electrons. The van der Waals surface area contributed by atoms with E-state index in [1.54, 1.807) is 6.92 Å². The largest absolute Gasteiger partial charge is 0.452 e. The van der Waals surface area contributed by atoms with Gasteiger partial charge in [-0.3, -0.25) is 9.36 Å². The maximum absolute atomic E-state index is 12.6. The van der Waals surface area contributed by atoms with Crippen LogP contribution in [-0.2, 0) is 9.53 Å². The number of thiophene rings is 1. The molecule has 0 aliphatic carbocycles. The number of rotatable bonds is 8. The fourth-order valence-electron chi connectivity index (χ4n) is 3.25. The van der Waals surface area contributed by atoms with E-state index in [0.717, 1.165) is 16.1 Å². The molecule has 2 aromatic carbocycles. The zero-order valence-corrected chi connectivity index (χ0v) is 19.7. The Kier molecular flexibility index (Phi) is 6.50. The van der Waals surface area contributed by atoms with Crippen molar-refractivity contribution >= 4 is 29.1 Å². The Hall–Kier alpha value is -3.76. The number of para-hydroxylation sites is 1. The lowest BCUT2D eigenvalue weighted by molar-refractivity contribution is -0.146. The zero-order chi connectivity index (χ0) is 23.3. The van der Waals surface area contributed by atoms with Gasteiger partial charge in [0.25, 0.3) is 11.8 Å². The molecule has 34 heavy (non-hydrogen) atoms. The molecule has 0 aliphatic rings. The van der Waals surface area contributed by atoms with Crippen molar-refractivity contribution in [1.29, 1.82) is 0 Å². The quantitative estimate of drug-likeness (QED) is 0.210. The molecule has 0 aliphatic heterocycles. The van der Waals surface area contributed by atoms with Crippen LogP contribution in [0.1, 0.15) is 18.9 Å². The summed E-state index contributed by atoms with van der Waals surface area (Å²) in [6, 6.07) is 23.4. The predicted octanol–water partition coefficient (Wildman–Crippen LogP) is 5.44. The van der Waals surface area contributed by atoms with E-state index < -0.39 is 12.1 Å². The number of benzene rings is 2. The molecule has 0 N–H and O–H groups in total. The van der Waals surface area contributed by atoms with Gasteiger partial charge in [0, 0.05) is 11.3 Å². The average Bonchev–Trinajstić information content (AvgIpc) is 3.64. The molecule has 0 fully saturated rings. The molecular formula is C24H19N5O3S2. The minimum Gasteiger partial charge on any atom is -0.452 e. The first-order valence-corrected chi connectivity index (χ1v) is 12.3. The minimum atomic E-state index is -0.666. The molecular weight excluding hydrogens is 470 g/mol. The summed E-state index contributed by atoms with van der Waals surface area (Å²) in [5.74, 6) is 0.989. The van der Waals surface area contributed by atoms with Crippen molar-refractivity contribution in [1.82, 2.24) is 25.0 Å². The van der Waals surface area contributed by atoms with Crippen LogP contribution < -0.4 is 0 Å². The number of carbonyl (C=O) groups is 1. The first kappa shape index (κ1) is 22.1. The molecule has 1 unspecified atom stereocenters. The molecule has 0 saturated heterocycles. The average molecular weight is 490 g/mol. The Morgan fingerprint density at radius 2 is 1.76 bits per heavy atom. The Bertz CT molecular complexity index is 1370. The lowest BCUT2D eigenvalue weighted by Crippen LogP contribution is -2.12. The van der Waals surface area contributed by atoms with Crippen LogP contribution in [0.4, 0.5) is 0 Å². The third-order valence-corrected chi connectivity index (χ3v) is 6.59. The van der Waals surface area contributed by atoms with Gasteiger partial charge in [-0.2, -0.15) is 0 Å². The maximum atomic E-state index is 12.6. The van der Waals surface area contributed by atoms with Crippen LogP contribution in [-0.4, -0.2) is 36.7 Å². The number of hydrogen-bond acceptors (Lipinski definition) is 9. The SMILES string of the molecule is CC(OC(=O)CSc1nnc(-c2ccccc2)n1-c1ccccc1)c1nnc(-c2cccs2)o1. The van der Waals surface area contributed by atoms with Crippen LogP contribution in [0.2, 0.25) is 0 Å². The number of hydrogen-bond donors (Lipinski definition) is 0. The van der Waals surface area contributed by atoms with E-state index in [1.165, 1.54) is 23.1 Å². The molecule has 0 saturated carbocycles. The molecule has 0 bridgehead atoms. The molecule has 5 aromatic rings. The summed E-state index contributed by atoms with van der Waals surface area (Å²) in [7, 11) is 0. The van der Waals surface area contributed by atoms with Gasteiger partial charge in [0.05, 0.1) is 10.6 Å². The highest BCUT2D eigenvalue weighted by atomic mass is 32.2. The van der Waals surface area contributed by atoms with Gasteiger partial charge in [0.15, 0.2) is 17.1 Å². The van der Waals surface area contributed by atoms with Crippen molar-refractivity contribution in [2.45, 2.75) is 18.2 Å². The zero-order valence-electron chi connectivity index (χ0n) is 18.1. The molecule has 170 valence electrons. The topological polar surface area (TPSA) is 95.9 Å². The van der Waals surface area contributed by atoms with Crippen molar-refractivity contribution in [2.24, 2.45) is 0 Å². The summed E-state index contributed by atoms with van der Waals surface area (Å²) >= 11 is 2.75. The monoisotopic (exact) mass is 489 g/mol. The number of thioether (sulfide) groups is 1. The summed E-state index contributed by atoms with van der Waals surface area (Å²) in [6.45, 7) is 1.70. The first-order chi connectivity index (χ1) is 16.7. The van der Waals surface area contributed by atoms with E-state index in [1.807, 2.05) is 82.7 Å². The van der Waals surface area contributed by atoms with Gasteiger partial charge in [0.2, 0.25) is 0 Å². The second-order valence-electron chi connectivity index (χ2n) is 7.19. The summed E-state index contributed by atoms with van der Waals surface area (Å²) in [5, 5.41) is 19.3. The summed E-state index contributed by atoms with van der Waals surface area (Å²) in [4.78, 5) is 13.4. The summed E-state index contributed by atoms with van der Waals surface area (Å²) in [5.41, 5.74) is 1.84. The van der Waals surface area contributed by atoms with E-state index in [4.69, 9.17) is 9.15 Å². The number of carbonyl (C=O) groups excluding carboxylic acids is 1. The van der Waals surface area contributed by atoms with E-state index in [0.29, 0.717) is 16.9 Å². The number of aromatic nitrogens is 5. The van der Waals surface area contributed by atoms with Gasteiger partial charge >= 0.3 is 5.97 Å². The Morgan fingerprint density at radius 3 is 2.50 bits per heavy atom. The van der Waals surface area contributed by atoms with Gasteiger partial charge in [-0.15, -0.1) is 31.7 Å². The molecule has 0 amide bonds. The van der Waals surface area contributed by atoms with Crippen molar-refractivity contribution in [3.05, 3.63) is 84.1 Å². The standard InChI is InChI=1S/C24H19N5O3S2/c1-16(22-26-27-23(32-22)19-13-8-14-33-19)31-20(30)15-34-24-28-25-21(17-9-4-2-5-10-17)29(24)18-11-6-3-7-12-18/h2-14,16H,15H2,1H3. The van der Waals surface area contributed by atoms with Crippen LogP contribution in [0.3, 0.4) is 0 Å². The first-order valence-electron chi connectivity index (χ1n) is 10.4. The molecule has 0 spiro atoms. The third kappa shape index (κ3) is 4.78. The second-order valence-corrected chi connectivity index (χ2v) is 9.08. The predicted molar refractivity (Wildman–Crippen MR) is 130 cm³/mol.